The molecule has 2 rings (SSSR count). The molecule has 0 aliphatic carbocycles. The van der Waals surface area contributed by atoms with Gasteiger partial charge in [-0.1, -0.05) is 54.9 Å². The van der Waals surface area contributed by atoms with Crippen molar-refractivity contribution in [2.24, 2.45) is 0 Å². The number of aryl methyl sites for hydroxylation is 1. The monoisotopic (exact) mass is 303 g/mol. The number of nitrogens with one attached hydrogen (secondary N) is 1. The predicted molar refractivity (Wildman–Crippen MR) is 89.2 cm³/mol. The van der Waals surface area contributed by atoms with Crippen LogP contribution < -0.4 is 10.1 Å². The van der Waals surface area contributed by atoms with Crippen molar-refractivity contribution in [3.8, 4) is 5.75 Å². The zero-order valence-corrected chi connectivity index (χ0v) is 13.4. The molecule has 0 saturated heterocycles. The second kappa shape index (κ2) is 8.06. The van der Waals surface area contributed by atoms with E-state index in [0.717, 1.165) is 36.4 Å². The molecule has 3 heteroatoms. The molecule has 0 aromatic heterocycles. The standard InChI is InChI=1S/C18H22ClNO/c1-3-11-20-13-18(15-7-5-4-6-8-15)21-17-12-14(2)9-10-16(17)19/h4-10,12,18,20H,3,11,13H2,1-2H3. The maximum Gasteiger partial charge on any atom is 0.139 e. The van der Waals surface area contributed by atoms with Gasteiger partial charge in [0.2, 0.25) is 0 Å². The molecule has 2 aromatic rings. The first-order chi connectivity index (χ1) is 10.2. The van der Waals surface area contributed by atoms with E-state index in [1.165, 1.54) is 0 Å². The number of rotatable bonds is 7. The van der Waals surface area contributed by atoms with Gasteiger partial charge in [-0.2, -0.15) is 0 Å². The molecule has 2 nitrogen and oxygen atoms in total. The van der Waals surface area contributed by atoms with E-state index in [4.69, 9.17) is 16.3 Å². The Morgan fingerprint density at radius 1 is 1.14 bits per heavy atom. The van der Waals surface area contributed by atoms with E-state index >= 15 is 0 Å². The minimum Gasteiger partial charge on any atom is -0.483 e. The van der Waals surface area contributed by atoms with Crippen LogP contribution in [0.15, 0.2) is 48.5 Å². The van der Waals surface area contributed by atoms with Gasteiger partial charge in [0.25, 0.3) is 0 Å². The average molecular weight is 304 g/mol. The lowest BCUT2D eigenvalue weighted by Crippen LogP contribution is -2.25. The molecule has 2 aromatic carbocycles. The van der Waals surface area contributed by atoms with Gasteiger partial charge in [-0.15, -0.1) is 0 Å². The van der Waals surface area contributed by atoms with Gasteiger partial charge < -0.3 is 10.1 Å². The minimum absolute atomic E-state index is 0.0444. The zero-order chi connectivity index (χ0) is 15.1. The molecule has 112 valence electrons. The first-order valence-electron chi connectivity index (χ1n) is 7.39. The van der Waals surface area contributed by atoms with Crippen molar-refractivity contribution < 1.29 is 4.74 Å². The Hall–Kier alpha value is -1.51. The number of halogens is 1. The van der Waals surface area contributed by atoms with Gasteiger partial charge in [-0.05, 0) is 43.1 Å². The summed E-state index contributed by atoms with van der Waals surface area (Å²) < 4.78 is 6.16. The van der Waals surface area contributed by atoms with Crippen LogP contribution in [-0.2, 0) is 0 Å². The van der Waals surface area contributed by atoms with Crippen LogP contribution in [0.2, 0.25) is 5.02 Å². The highest BCUT2D eigenvalue weighted by atomic mass is 35.5. The fourth-order valence-corrected chi connectivity index (χ4v) is 2.32. The highest BCUT2D eigenvalue weighted by molar-refractivity contribution is 6.32. The van der Waals surface area contributed by atoms with Crippen LogP contribution in [0.25, 0.3) is 0 Å². The minimum atomic E-state index is -0.0444. The molecular weight excluding hydrogens is 282 g/mol. The van der Waals surface area contributed by atoms with E-state index in [1.54, 1.807) is 0 Å². The van der Waals surface area contributed by atoms with E-state index in [9.17, 15) is 0 Å². The number of hydrogen-bond acceptors (Lipinski definition) is 2. The lowest BCUT2D eigenvalue weighted by Gasteiger charge is -2.21. The second-order valence-corrected chi connectivity index (χ2v) is 5.56. The summed E-state index contributed by atoms with van der Waals surface area (Å²) in [4.78, 5) is 0. The Bertz CT molecular complexity index is 556. The Morgan fingerprint density at radius 2 is 1.90 bits per heavy atom. The first-order valence-corrected chi connectivity index (χ1v) is 7.77. The largest absolute Gasteiger partial charge is 0.483 e. The SMILES string of the molecule is CCCNCC(Oc1cc(C)ccc1Cl)c1ccccc1. The molecule has 0 spiro atoms. The molecule has 0 saturated carbocycles. The van der Waals surface area contributed by atoms with E-state index in [0.29, 0.717) is 5.02 Å². The smallest absolute Gasteiger partial charge is 0.139 e. The summed E-state index contributed by atoms with van der Waals surface area (Å²) in [5.74, 6) is 0.740. The summed E-state index contributed by atoms with van der Waals surface area (Å²) in [5.41, 5.74) is 2.29. The normalized spacial score (nSPS) is 12.1. The molecule has 1 unspecified atom stereocenters. The topological polar surface area (TPSA) is 21.3 Å². The van der Waals surface area contributed by atoms with Crippen LogP contribution in [-0.4, -0.2) is 13.1 Å². The average Bonchev–Trinajstić information content (AvgIpc) is 2.51. The molecule has 0 aliphatic rings. The van der Waals surface area contributed by atoms with Gasteiger partial charge in [-0.25, -0.2) is 0 Å². The molecule has 1 atom stereocenters. The van der Waals surface area contributed by atoms with Crippen molar-refractivity contribution in [3.05, 3.63) is 64.7 Å². The van der Waals surface area contributed by atoms with Crippen LogP contribution in [0, 0.1) is 6.92 Å². The van der Waals surface area contributed by atoms with Crippen molar-refractivity contribution in [1.29, 1.82) is 0 Å². The maximum atomic E-state index is 6.24. The summed E-state index contributed by atoms with van der Waals surface area (Å²) in [6.45, 7) is 5.94. The van der Waals surface area contributed by atoms with Crippen molar-refractivity contribution in [1.82, 2.24) is 5.32 Å². The summed E-state index contributed by atoms with van der Waals surface area (Å²) in [6.07, 6.45) is 1.06. The van der Waals surface area contributed by atoms with Crippen molar-refractivity contribution in [3.63, 3.8) is 0 Å². The van der Waals surface area contributed by atoms with E-state index in [2.05, 4.69) is 24.4 Å². The van der Waals surface area contributed by atoms with Gasteiger partial charge in [0.15, 0.2) is 0 Å². The molecule has 0 fully saturated rings. The molecule has 0 amide bonds. The Labute approximate surface area is 132 Å². The van der Waals surface area contributed by atoms with Crippen LogP contribution >= 0.6 is 11.6 Å². The molecule has 0 radical (unpaired) electrons. The number of ether oxygens (including phenoxy) is 1. The summed E-state index contributed by atoms with van der Waals surface area (Å²) in [5, 5.41) is 4.07. The van der Waals surface area contributed by atoms with Crippen molar-refractivity contribution in [2.75, 3.05) is 13.1 Å². The zero-order valence-electron chi connectivity index (χ0n) is 12.6. The fraction of sp³-hybridized carbons (Fsp3) is 0.333. The van der Waals surface area contributed by atoms with Gasteiger partial charge in [0.05, 0.1) is 5.02 Å². The van der Waals surface area contributed by atoms with Gasteiger partial charge in [-0.3, -0.25) is 0 Å². The molecular formula is C18H22ClNO. The number of hydrogen-bond donors (Lipinski definition) is 1. The summed E-state index contributed by atoms with van der Waals surface area (Å²) in [6, 6.07) is 16.1. The van der Waals surface area contributed by atoms with Crippen LogP contribution in [0.1, 0.15) is 30.6 Å². The van der Waals surface area contributed by atoms with Crippen molar-refractivity contribution >= 4 is 11.6 Å². The Morgan fingerprint density at radius 3 is 2.62 bits per heavy atom. The lowest BCUT2D eigenvalue weighted by atomic mass is 10.1. The number of benzene rings is 2. The Balaban J connectivity index is 2.17. The summed E-state index contributed by atoms with van der Waals surface area (Å²) in [7, 11) is 0. The Kier molecular flexibility index (Phi) is 6.09. The third-order valence-electron chi connectivity index (χ3n) is 3.28. The predicted octanol–water partition coefficient (Wildman–Crippen LogP) is 4.77. The molecule has 0 bridgehead atoms. The molecule has 1 N–H and O–H groups in total. The molecule has 0 heterocycles. The first kappa shape index (κ1) is 15.9. The molecule has 21 heavy (non-hydrogen) atoms. The van der Waals surface area contributed by atoms with Crippen LogP contribution in [0.5, 0.6) is 5.75 Å². The van der Waals surface area contributed by atoms with Gasteiger partial charge in [0, 0.05) is 6.54 Å². The van der Waals surface area contributed by atoms with E-state index in [-0.39, 0.29) is 6.10 Å². The lowest BCUT2D eigenvalue weighted by molar-refractivity contribution is 0.202. The molecule has 0 aliphatic heterocycles. The van der Waals surface area contributed by atoms with E-state index in [1.807, 2.05) is 43.3 Å². The third-order valence-corrected chi connectivity index (χ3v) is 3.60. The maximum absolute atomic E-state index is 6.24. The van der Waals surface area contributed by atoms with Gasteiger partial charge in [0.1, 0.15) is 11.9 Å². The van der Waals surface area contributed by atoms with Crippen LogP contribution in [0.4, 0.5) is 0 Å². The quantitative estimate of drug-likeness (QED) is 0.744. The summed E-state index contributed by atoms with van der Waals surface area (Å²) >= 11 is 6.24. The highest BCUT2D eigenvalue weighted by Crippen LogP contribution is 2.29. The van der Waals surface area contributed by atoms with E-state index < -0.39 is 0 Å². The third kappa shape index (κ3) is 4.76. The highest BCUT2D eigenvalue weighted by Gasteiger charge is 2.14. The van der Waals surface area contributed by atoms with Crippen molar-refractivity contribution in [2.45, 2.75) is 26.4 Å². The fourth-order valence-electron chi connectivity index (χ4n) is 2.16. The van der Waals surface area contributed by atoms with Gasteiger partial charge >= 0.3 is 0 Å². The van der Waals surface area contributed by atoms with Crippen LogP contribution in [0.3, 0.4) is 0 Å². The second-order valence-electron chi connectivity index (χ2n) is 5.16.